The molecule has 0 aromatic heterocycles. The third-order valence-electron chi connectivity index (χ3n) is 2.70. The molecule has 0 saturated carbocycles. The molecule has 4 heteroatoms. The molecule has 1 amide bonds. The largest absolute Gasteiger partial charge is 0.338 e. The maximum absolute atomic E-state index is 11.5. The molecule has 1 aliphatic heterocycles. The number of carbonyl (C=O) groups is 1. The van der Waals surface area contributed by atoms with Crippen molar-refractivity contribution in [1.82, 2.24) is 10.2 Å². The van der Waals surface area contributed by atoms with Crippen LogP contribution in [0.5, 0.6) is 0 Å². The highest BCUT2D eigenvalue weighted by atomic mass is 16.2. The van der Waals surface area contributed by atoms with Gasteiger partial charge in [0.15, 0.2) is 0 Å². The second-order valence-corrected chi connectivity index (χ2v) is 4.14. The summed E-state index contributed by atoms with van der Waals surface area (Å²) in [5, 5.41) is 3.39. The Kier molecular flexibility index (Phi) is 4.35. The minimum absolute atomic E-state index is 0.0497. The average Bonchev–Trinajstić information content (AvgIpc) is 2.65. The lowest BCUT2D eigenvalue weighted by atomic mass is 10.2. The van der Waals surface area contributed by atoms with Crippen molar-refractivity contribution < 1.29 is 4.79 Å². The second kappa shape index (κ2) is 5.32. The molecule has 1 fully saturated rings. The van der Waals surface area contributed by atoms with Gasteiger partial charge in [-0.05, 0) is 33.2 Å². The average molecular weight is 199 g/mol. The smallest absolute Gasteiger partial charge is 0.236 e. The van der Waals surface area contributed by atoms with Gasteiger partial charge in [-0.3, -0.25) is 4.79 Å². The van der Waals surface area contributed by atoms with Crippen LogP contribution in [-0.4, -0.2) is 42.5 Å². The van der Waals surface area contributed by atoms with Crippen LogP contribution in [0.1, 0.15) is 26.7 Å². The van der Waals surface area contributed by atoms with E-state index in [0.717, 1.165) is 13.1 Å². The van der Waals surface area contributed by atoms with Crippen molar-refractivity contribution in [3.63, 3.8) is 0 Å². The minimum atomic E-state index is 0.0497. The summed E-state index contributed by atoms with van der Waals surface area (Å²) in [7, 11) is 0. The van der Waals surface area contributed by atoms with Gasteiger partial charge in [0.2, 0.25) is 5.91 Å². The van der Waals surface area contributed by atoms with E-state index in [9.17, 15) is 4.79 Å². The van der Waals surface area contributed by atoms with Crippen molar-refractivity contribution in [3.05, 3.63) is 0 Å². The van der Waals surface area contributed by atoms with Crippen molar-refractivity contribution in [2.45, 2.75) is 38.8 Å². The molecule has 0 unspecified atom stereocenters. The number of nitrogens with zero attached hydrogens (tertiary/aromatic N) is 1. The van der Waals surface area contributed by atoms with Gasteiger partial charge in [0.25, 0.3) is 0 Å². The van der Waals surface area contributed by atoms with Crippen molar-refractivity contribution >= 4 is 5.91 Å². The zero-order valence-electron chi connectivity index (χ0n) is 9.12. The van der Waals surface area contributed by atoms with Gasteiger partial charge in [0, 0.05) is 18.6 Å². The van der Waals surface area contributed by atoms with E-state index in [1.165, 1.54) is 12.8 Å². The molecule has 14 heavy (non-hydrogen) atoms. The summed E-state index contributed by atoms with van der Waals surface area (Å²) >= 11 is 0. The minimum Gasteiger partial charge on any atom is -0.338 e. The number of hydrogen-bond donors (Lipinski definition) is 2. The molecule has 0 bridgehead atoms. The third kappa shape index (κ3) is 2.96. The molecule has 1 rings (SSSR count). The van der Waals surface area contributed by atoms with Gasteiger partial charge >= 0.3 is 0 Å². The number of hydrogen-bond acceptors (Lipinski definition) is 3. The van der Waals surface area contributed by atoms with Crippen LogP contribution >= 0.6 is 0 Å². The summed E-state index contributed by atoms with van der Waals surface area (Å²) in [5.74, 6) is 0.0497. The SMILES string of the molecule is CC(C)N(C[C@@H]1CCCN1)C(=O)CN. The standard InChI is InChI=1S/C10H21N3O/c1-8(2)13(10(14)6-11)7-9-4-3-5-12-9/h8-9,12H,3-7,11H2,1-2H3/t9-/m0/s1. The topological polar surface area (TPSA) is 58.4 Å². The molecular weight excluding hydrogens is 178 g/mol. The van der Waals surface area contributed by atoms with E-state index in [1.807, 2.05) is 18.7 Å². The van der Waals surface area contributed by atoms with Crippen LogP contribution in [0.3, 0.4) is 0 Å². The Morgan fingerprint density at radius 3 is 2.79 bits per heavy atom. The summed E-state index contributed by atoms with van der Waals surface area (Å²) in [5.41, 5.74) is 5.37. The molecule has 4 nitrogen and oxygen atoms in total. The van der Waals surface area contributed by atoms with E-state index in [0.29, 0.717) is 6.04 Å². The summed E-state index contributed by atoms with van der Waals surface area (Å²) < 4.78 is 0. The molecule has 0 aliphatic carbocycles. The van der Waals surface area contributed by atoms with E-state index in [1.54, 1.807) is 0 Å². The Labute approximate surface area is 85.8 Å². The monoisotopic (exact) mass is 199 g/mol. The maximum atomic E-state index is 11.5. The molecule has 0 spiro atoms. The number of amides is 1. The number of rotatable bonds is 4. The zero-order chi connectivity index (χ0) is 10.6. The predicted molar refractivity (Wildman–Crippen MR) is 56.9 cm³/mol. The molecule has 1 atom stereocenters. The Bertz CT molecular complexity index is 188. The fourth-order valence-corrected chi connectivity index (χ4v) is 1.87. The summed E-state index contributed by atoms with van der Waals surface area (Å²) in [4.78, 5) is 13.4. The molecule has 1 aliphatic rings. The van der Waals surface area contributed by atoms with Gasteiger partial charge in [-0.15, -0.1) is 0 Å². The molecule has 0 aromatic carbocycles. The Hall–Kier alpha value is -0.610. The number of carbonyl (C=O) groups excluding carboxylic acids is 1. The zero-order valence-corrected chi connectivity index (χ0v) is 9.12. The van der Waals surface area contributed by atoms with Crippen LogP contribution in [0.25, 0.3) is 0 Å². The summed E-state index contributed by atoms with van der Waals surface area (Å²) in [6, 6.07) is 0.710. The third-order valence-corrected chi connectivity index (χ3v) is 2.70. The molecule has 82 valence electrons. The fraction of sp³-hybridized carbons (Fsp3) is 0.900. The van der Waals surface area contributed by atoms with E-state index in [4.69, 9.17) is 5.73 Å². The van der Waals surface area contributed by atoms with Crippen LogP contribution in [-0.2, 0) is 4.79 Å². The van der Waals surface area contributed by atoms with Gasteiger partial charge in [-0.25, -0.2) is 0 Å². The number of nitrogens with two attached hydrogens (primary N) is 1. The molecular formula is C10H21N3O. The molecule has 0 aromatic rings. The van der Waals surface area contributed by atoms with Crippen LogP contribution in [0, 0.1) is 0 Å². The molecule has 1 heterocycles. The maximum Gasteiger partial charge on any atom is 0.236 e. The van der Waals surface area contributed by atoms with Gasteiger partial charge in [0.05, 0.1) is 6.54 Å². The van der Waals surface area contributed by atoms with Crippen molar-refractivity contribution in [3.8, 4) is 0 Å². The first kappa shape index (κ1) is 11.5. The first-order valence-corrected chi connectivity index (χ1v) is 5.38. The Morgan fingerprint density at radius 1 is 1.64 bits per heavy atom. The Morgan fingerprint density at radius 2 is 2.36 bits per heavy atom. The van der Waals surface area contributed by atoms with Crippen LogP contribution < -0.4 is 11.1 Å². The van der Waals surface area contributed by atoms with Gasteiger partial charge in [-0.2, -0.15) is 0 Å². The molecule has 0 radical (unpaired) electrons. The first-order valence-electron chi connectivity index (χ1n) is 5.38. The van der Waals surface area contributed by atoms with E-state index < -0.39 is 0 Å². The van der Waals surface area contributed by atoms with Crippen molar-refractivity contribution in [1.29, 1.82) is 0 Å². The van der Waals surface area contributed by atoms with E-state index >= 15 is 0 Å². The highest BCUT2D eigenvalue weighted by molar-refractivity contribution is 5.78. The van der Waals surface area contributed by atoms with Gasteiger partial charge in [-0.1, -0.05) is 0 Å². The van der Waals surface area contributed by atoms with E-state index in [-0.39, 0.29) is 18.5 Å². The summed E-state index contributed by atoms with van der Waals surface area (Å²) in [6.45, 7) is 6.05. The predicted octanol–water partition coefficient (Wildman–Crippen LogP) is -0.0659. The molecule has 3 N–H and O–H groups in total. The van der Waals surface area contributed by atoms with Crippen LogP contribution in [0.4, 0.5) is 0 Å². The van der Waals surface area contributed by atoms with Gasteiger partial charge in [0.1, 0.15) is 0 Å². The first-order chi connectivity index (χ1) is 6.65. The lowest BCUT2D eigenvalue weighted by Gasteiger charge is -2.29. The van der Waals surface area contributed by atoms with Crippen LogP contribution in [0.2, 0.25) is 0 Å². The molecule has 1 saturated heterocycles. The number of nitrogens with one attached hydrogen (secondary N) is 1. The normalized spacial score (nSPS) is 21.6. The highest BCUT2D eigenvalue weighted by Crippen LogP contribution is 2.09. The Balaban J connectivity index is 2.45. The van der Waals surface area contributed by atoms with Crippen molar-refractivity contribution in [2.75, 3.05) is 19.6 Å². The van der Waals surface area contributed by atoms with E-state index in [2.05, 4.69) is 5.32 Å². The quantitative estimate of drug-likeness (QED) is 0.666. The highest BCUT2D eigenvalue weighted by Gasteiger charge is 2.22. The lowest BCUT2D eigenvalue weighted by molar-refractivity contribution is -0.131. The fourth-order valence-electron chi connectivity index (χ4n) is 1.87. The van der Waals surface area contributed by atoms with Crippen molar-refractivity contribution in [2.24, 2.45) is 5.73 Å². The van der Waals surface area contributed by atoms with Crippen LogP contribution in [0.15, 0.2) is 0 Å². The lowest BCUT2D eigenvalue weighted by Crippen LogP contribution is -2.47. The summed E-state index contributed by atoms with van der Waals surface area (Å²) in [6.07, 6.45) is 2.38. The van der Waals surface area contributed by atoms with Gasteiger partial charge < -0.3 is 16.0 Å². The second-order valence-electron chi connectivity index (χ2n) is 4.14.